The van der Waals surface area contributed by atoms with Crippen molar-refractivity contribution in [2.75, 3.05) is 27.2 Å². The first kappa shape index (κ1) is 13.9. The Morgan fingerprint density at radius 1 is 1.29 bits per heavy atom. The van der Waals surface area contributed by atoms with E-state index >= 15 is 0 Å². The maximum Gasteiger partial charge on any atom is 0.00362 e. The second-order valence-electron chi connectivity index (χ2n) is 5.63. The van der Waals surface area contributed by atoms with E-state index in [0.717, 1.165) is 0 Å². The van der Waals surface area contributed by atoms with Gasteiger partial charge in [0.2, 0.25) is 0 Å². The molecule has 2 heteroatoms. The summed E-state index contributed by atoms with van der Waals surface area (Å²) in [4.78, 5) is 2.43. The predicted octanol–water partition coefficient (Wildman–Crippen LogP) is 2.35. The minimum Gasteiger partial charge on any atom is -0.317 e. The van der Waals surface area contributed by atoms with Gasteiger partial charge in [0.25, 0.3) is 0 Å². The third-order valence-corrected chi connectivity index (χ3v) is 2.41. The lowest BCUT2D eigenvalue weighted by molar-refractivity contribution is 0.222. The smallest absolute Gasteiger partial charge is 0.00362 e. The van der Waals surface area contributed by atoms with Crippen molar-refractivity contribution in [2.45, 2.75) is 46.6 Å². The Morgan fingerprint density at radius 3 is 2.29 bits per heavy atom. The summed E-state index contributed by atoms with van der Waals surface area (Å²) in [6.45, 7) is 11.5. The number of nitrogens with one attached hydrogen (secondary N) is 1. The summed E-state index contributed by atoms with van der Waals surface area (Å²) < 4.78 is 0. The van der Waals surface area contributed by atoms with Crippen molar-refractivity contribution >= 4 is 0 Å². The Morgan fingerprint density at radius 2 is 1.86 bits per heavy atom. The van der Waals surface area contributed by atoms with Gasteiger partial charge in [-0.1, -0.05) is 20.8 Å². The molecule has 0 aliphatic carbocycles. The first-order valence-electron chi connectivity index (χ1n) is 5.71. The fraction of sp³-hybridized carbons (Fsp3) is 1.00. The van der Waals surface area contributed by atoms with Gasteiger partial charge in [0.05, 0.1) is 0 Å². The monoisotopic (exact) mass is 200 g/mol. The Hall–Kier alpha value is -0.0800. The maximum absolute atomic E-state index is 3.27. The topological polar surface area (TPSA) is 15.3 Å². The number of hydrogen-bond donors (Lipinski definition) is 1. The van der Waals surface area contributed by atoms with E-state index in [1.54, 1.807) is 0 Å². The van der Waals surface area contributed by atoms with Crippen LogP contribution in [0, 0.1) is 5.41 Å². The lowest BCUT2D eigenvalue weighted by atomic mass is 9.96. The first-order valence-corrected chi connectivity index (χ1v) is 5.71. The molecule has 0 saturated heterocycles. The molecular formula is C12H28N2. The third-order valence-electron chi connectivity index (χ3n) is 2.41. The highest BCUT2D eigenvalue weighted by Crippen LogP contribution is 2.14. The van der Waals surface area contributed by atoms with Gasteiger partial charge < -0.3 is 10.2 Å². The average Bonchev–Trinajstić information content (AvgIpc) is 2.00. The van der Waals surface area contributed by atoms with Gasteiger partial charge in [0.15, 0.2) is 0 Å². The average molecular weight is 200 g/mol. The summed E-state index contributed by atoms with van der Waals surface area (Å²) in [5, 5.41) is 3.27. The van der Waals surface area contributed by atoms with E-state index in [9.17, 15) is 0 Å². The lowest BCUT2D eigenvalue weighted by Crippen LogP contribution is -2.31. The molecule has 0 aromatic rings. The Bertz CT molecular complexity index is 138. The number of hydrogen-bond acceptors (Lipinski definition) is 2. The van der Waals surface area contributed by atoms with Crippen LogP contribution in [-0.4, -0.2) is 38.1 Å². The predicted molar refractivity (Wildman–Crippen MR) is 64.7 cm³/mol. The summed E-state index contributed by atoms with van der Waals surface area (Å²) in [6.07, 6.45) is 2.56. The second kappa shape index (κ2) is 6.41. The molecule has 0 aliphatic rings. The standard InChI is InChI=1S/C12H28N2/c1-11(13-5)8-7-9-14(6)10-12(2,3)4/h11,13H,7-10H2,1-6H3. The Kier molecular flexibility index (Phi) is 6.38. The largest absolute Gasteiger partial charge is 0.317 e. The van der Waals surface area contributed by atoms with Crippen LogP contribution in [0.1, 0.15) is 40.5 Å². The Balaban J connectivity index is 3.50. The quantitative estimate of drug-likeness (QED) is 0.708. The molecule has 0 heterocycles. The van der Waals surface area contributed by atoms with Crippen molar-refractivity contribution < 1.29 is 0 Å². The van der Waals surface area contributed by atoms with Crippen molar-refractivity contribution in [3.63, 3.8) is 0 Å². The van der Waals surface area contributed by atoms with E-state index in [-0.39, 0.29) is 0 Å². The molecule has 0 amide bonds. The molecule has 0 bridgehead atoms. The Labute approximate surface area is 90.1 Å². The van der Waals surface area contributed by atoms with E-state index in [0.29, 0.717) is 11.5 Å². The van der Waals surface area contributed by atoms with Gasteiger partial charge in [-0.3, -0.25) is 0 Å². The third kappa shape index (κ3) is 8.52. The van der Waals surface area contributed by atoms with Crippen LogP contribution in [0.2, 0.25) is 0 Å². The highest BCUT2D eigenvalue weighted by molar-refractivity contribution is 4.67. The van der Waals surface area contributed by atoms with Crippen LogP contribution in [0.5, 0.6) is 0 Å². The zero-order valence-corrected chi connectivity index (χ0v) is 10.9. The van der Waals surface area contributed by atoms with Crippen LogP contribution in [0.25, 0.3) is 0 Å². The molecule has 0 radical (unpaired) electrons. The van der Waals surface area contributed by atoms with Gasteiger partial charge in [-0.2, -0.15) is 0 Å². The van der Waals surface area contributed by atoms with Gasteiger partial charge in [-0.15, -0.1) is 0 Å². The molecule has 86 valence electrons. The number of rotatable bonds is 6. The van der Waals surface area contributed by atoms with Crippen molar-refractivity contribution in [1.82, 2.24) is 10.2 Å². The molecule has 0 rings (SSSR count). The normalized spacial score (nSPS) is 14.8. The van der Waals surface area contributed by atoms with Crippen molar-refractivity contribution in [2.24, 2.45) is 5.41 Å². The fourth-order valence-corrected chi connectivity index (χ4v) is 1.70. The molecule has 14 heavy (non-hydrogen) atoms. The van der Waals surface area contributed by atoms with Crippen LogP contribution in [0.4, 0.5) is 0 Å². The maximum atomic E-state index is 3.27. The molecule has 0 aromatic heterocycles. The van der Waals surface area contributed by atoms with Gasteiger partial charge in [-0.25, -0.2) is 0 Å². The molecule has 0 aliphatic heterocycles. The van der Waals surface area contributed by atoms with Gasteiger partial charge >= 0.3 is 0 Å². The van der Waals surface area contributed by atoms with Crippen molar-refractivity contribution in [1.29, 1.82) is 0 Å². The summed E-state index contributed by atoms with van der Waals surface area (Å²) in [5.74, 6) is 0. The molecule has 1 unspecified atom stereocenters. The van der Waals surface area contributed by atoms with E-state index in [1.807, 2.05) is 7.05 Å². The lowest BCUT2D eigenvalue weighted by Gasteiger charge is -2.26. The summed E-state index contributed by atoms with van der Waals surface area (Å²) >= 11 is 0. The highest BCUT2D eigenvalue weighted by atomic mass is 15.1. The molecule has 1 N–H and O–H groups in total. The van der Waals surface area contributed by atoms with E-state index < -0.39 is 0 Å². The van der Waals surface area contributed by atoms with Crippen LogP contribution in [-0.2, 0) is 0 Å². The molecule has 0 fully saturated rings. The van der Waals surface area contributed by atoms with Crippen LogP contribution >= 0.6 is 0 Å². The van der Waals surface area contributed by atoms with Crippen LogP contribution in [0.3, 0.4) is 0 Å². The minimum atomic E-state index is 0.420. The van der Waals surface area contributed by atoms with Crippen LogP contribution < -0.4 is 5.32 Å². The molecule has 0 spiro atoms. The SMILES string of the molecule is CNC(C)CCCN(C)CC(C)(C)C. The fourth-order valence-electron chi connectivity index (χ4n) is 1.70. The minimum absolute atomic E-state index is 0.420. The van der Waals surface area contributed by atoms with E-state index in [1.165, 1.54) is 25.9 Å². The van der Waals surface area contributed by atoms with Crippen molar-refractivity contribution in [3.05, 3.63) is 0 Å². The summed E-state index contributed by atoms with van der Waals surface area (Å²) in [7, 11) is 4.25. The highest BCUT2D eigenvalue weighted by Gasteiger charge is 2.12. The van der Waals surface area contributed by atoms with Gasteiger partial charge in [0.1, 0.15) is 0 Å². The molecule has 2 nitrogen and oxygen atoms in total. The van der Waals surface area contributed by atoms with Crippen LogP contribution in [0.15, 0.2) is 0 Å². The molecular weight excluding hydrogens is 172 g/mol. The summed E-state index contributed by atoms with van der Waals surface area (Å²) in [5.41, 5.74) is 0.420. The first-order chi connectivity index (χ1) is 6.35. The summed E-state index contributed by atoms with van der Waals surface area (Å²) in [6, 6.07) is 0.651. The second-order valence-corrected chi connectivity index (χ2v) is 5.63. The zero-order chi connectivity index (χ0) is 11.2. The van der Waals surface area contributed by atoms with E-state index in [2.05, 4.69) is 45.0 Å². The van der Waals surface area contributed by atoms with Gasteiger partial charge in [-0.05, 0) is 45.8 Å². The van der Waals surface area contributed by atoms with Gasteiger partial charge in [0, 0.05) is 12.6 Å². The molecule has 0 saturated carbocycles. The zero-order valence-electron chi connectivity index (χ0n) is 10.9. The van der Waals surface area contributed by atoms with E-state index in [4.69, 9.17) is 0 Å². The number of nitrogens with zero attached hydrogens (tertiary/aromatic N) is 1. The molecule has 1 atom stereocenters. The van der Waals surface area contributed by atoms with Crippen molar-refractivity contribution in [3.8, 4) is 0 Å². The molecule has 0 aromatic carbocycles.